The summed E-state index contributed by atoms with van der Waals surface area (Å²) in [5.41, 5.74) is 0. The molecule has 2 unspecified atom stereocenters. The molecule has 0 saturated carbocycles. The molecule has 1 saturated heterocycles. The van der Waals surface area contributed by atoms with E-state index in [0.29, 0.717) is 0 Å². The van der Waals surface area contributed by atoms with Crippen LogP contribution in [0.4, 0.5) is 0 Å². The van der Waals surface area contributed by atoms with Gasteiger partial charge in [-0.05, 0) is 50.7 Å². The van der Waals surface area contributed by atoms with Crippen molar-refractivity contribution in [2.75, 3.05) is 46.3 Å². The van der Waals surface area contributed by atoms with Crippen LogP contribution >= 0.6 is 0 Å². The average Bonchev–Trinajstić information content (AvgIpc) is 2.46. The highest BCUT2D eigenvalue weighted by molar-refractivity contribution is 5.79. The third-order valence-corrected chi connectivity index (χ3v) is 4.46. The molecule has 0 amide bonds. The number of rotatable bonds is 7. The summed E-state index contributed by atoms with van der Waals surface area (Å²) in [6, 6.07) is 0. The molecule has 1 heterocycles. The summed E-state index contributed by atoms with van der Waals surface area (Å²) in [6.45, 7) is 16.0. The molecule has 0 aromatic heterocycles. The first-order chi connectivity index (χ1) is 10.1. The highest BCUT2D eigenvalue weighted by Crippen LogP contribution is 2.20. The van der Waals surface area contributed by atoms with E-state index in [4.69, 9.17) is 0 Å². The minimum Gasteiger partial charge on any atom is -0.356 e. The van der Waals surface area contributed by atoms with Gasteiger partial charge in [0, 0.05) is 26.7 Å². The van der Waals surface area contributed by atoms with E-state index in [2.05, 4.69) is 47.8 Å². The molecule has 1 aliphatic heterocycles. The van der Waals surface area contributed by atoms with Gasteiger partial charge in [-0.25, -0.2) is 0 Å². The molecule has 1 N–H and O–H groups in total. The summed E-state index contributed by atoms with van der Waals surface area (Å²) < 4.78 is 0. The Hall–Kier alpha value is -0.770. The number of hydrogen-bond acceptors (Lipinski definition) is 2. The molecule has 0 aromatic rings. The van der Waals surface area contributed by atoms with Gasteiger partial charge in [-0.1, -0.05) is 27.7 Å². The van der Waals surface area contributed by atoms with E-state index in [1.165, 1.54) is 25.8 Å². The van der Waals surface area contributed by atoms with Crippen LogP contribution in [-0.2, 0) is 0 Å². The molecule has 0 radical (unpaired) electrons. The quantitative estimate of drug-likeness (QED) is 0.445. The number of likely N-dealkylation sites (tertiary alicyclic amines) is 1. The van der Waals surface area contributed by atoms with Crippen LogP contribution in [0.25, 0.3) is 0 Å². The summed E-state index contributed by atoms with van der Waals surface area (Å²) in [5.74, 6) is 2.64. The Bertz CT molecular complexity index is 289. The Kier molecular flexibility index (Phi) is 8.74. The van der Waals surface area contributed by atoms with E-state index in [1.807, 2.05) is 7.05 Å². The van der Waals surface area contributed by atoms with Gasteiger partial charge in [0.1, 0.15) is 0 Å². The molecule has 0 bridgehead atoms. The topological polar surface area (TPSA) is 30.9 Å². The lowest BCUT2D eigenvalue weighted by Gasteiger charge is -2.37. The van der Waals surface area contributed by atoms with Crippen molar-refractivity contribution < 1.29 is 0 Å². The maximum absolute atomic E-state index is 4.47. The molecular formula is C17H36N4. The Morgan fingerprint density at radius 1 is 1.14 bits per heavy atom. The van der Waals surface area contributed by atoms with Crippen LogP contribution in [0.3, 0.4) is 0 Å². The summed E-state index contributed by atoms with van der Waals surface area (Å²) in [4.78, 5) is 9.39. The zero-order valence-electron chi connectivity index (χ0n) is 14.9. The molecule has 2 atom stereocenters. The first kappa shape index (κ1) is 18.3. The Balaban J connectivity index is 2.25. The Morgan fingerprint density at radius 2 is 1.76 bits per heavy atom. The lowest BCUT2D eigenvalue weighted by molar-refractivity contribution is 0.208. The second kappa shape index (κ2) is 10.0. The monoisotopic (exact) mass is 296 g/mol. The number of unbranched alkanes of at least 4 members (excludes halogenated alkanes) is 1. The molecule has 0 spiro atoms. The third-order valence-electron chi connectivity index (χ3n) is 4.46. The van der Waals surface area contributed by atoms with Gasteiger partial charge in [-0.3, -0.25) is 4.99 Å². The van der Waals surface area contributed by atoms with Gasteiger partial charge in [0.15, 0.2) is 5.96 Å². The number of aliphatic imine (C=N–C) groups is 1. The highest BCUT2D eigenvalue weighted by Gasteiger charge is 2.23. The summed E-state index contributed by atoms with van der Waals surface area (Å²) in [5, 5.41) is 3.55. The smallest absolute Gasteiger partial charge is 0.193 e. The van der Waals surface area contributed by atoms with E-state index in [0.717, 1.165) is 50.5 Å². The lowest BCUT2D eigenvalue weighted by Crippen LogP contribution is -2.48. The highest BCUT2D eigenvalue weighted by atomic mass is 15.3. The van der Waals surface area contributed by atoms with Crippen LogP contribution in [0.1, 0.15) is 47.0 Å². The molecule has 1 aliphatic rings. The van der Waals surface area contributed by atoms with Crippen LogP contribution in [0.5, 0.6) is 0 Å². The minimum absolute atomic E-state index is 0.773. The predicted octanol–water partition coefficient (Wildman–Crippen LogP) is 2.66. The average molecular weight is 297 g/mol. The van der Waals surface area contributed by atoms with Crippen molar-refractivity contribution in [3.63, 3.8) is 0 Å². The molecule has 4 heteroatoms. The fourth-order valence-electron chi connectivity index (χ4n) is 3.37. The van der Waals surface area contributed by atoms with Crippen molar-refractivity contribution >= 4 is 5.96 Å². The van der Waals surface area contributed by atoms with Gasteiger partial charge in [0.05, 0.1) is 0 Å². The summed E-state index contributed by atoms with van der Waals surface area (Å²) in [6.07, 6.45) is 3.82. The number of nitrogens with one attached hydrogen (secondary N) is 1. The summed E-state index contributed by atoms with van der Waals surface area (Å²) in [7, 11) is 1.90. The van der Waals surface area contributed by atoms with Gasteiger partial charge in [-0.2, -0.15) is 0 Å². The van der Waals surface area contributed by atoms with E-state index in [-0.39, 0.29) is 0 Å². The van der Waals surface area contributed by atoms with Crippen molar-refractivity contribution in [2.24, 2.45) is 16.8 Å². The van der Waals surface area contributed by atoms with Crippen LogP contribution in [0, 0.1) is 11.8 Å². The fraction of sp³-hybridized carbons (Fsp3) is 0.941. The number of guanidine groups is 1. The van der Waals surface area contributed by atoms with Crippen LogP contribution in [-0.4, -0.2) is 62.1 Å². The van der Waals surface area contributed by atoms with Gasteiger partial charge in [-0.15, -0.1) is 0 Å². The second-order valence-electron chi connectivity index (χ2n) is 6.56. The van der Waals surface area contributed by atoms with Crippen molar-refractivity contribution in [1.29, 1.82) is 0 Å². The van der Waals surface area contributed by atoms with Gasteiger partial charge in [0.2, 0.25) is 0 Å². The van der Waals surface area contributed by atoms with Gasteiger partial charge < -0.3 is 15.1 Å². The van der Waals surface area contributed by atoms with E-state index >= 15 is 0 Å². The van der Waals surface area contributed by atoms with E-state index in [9.17, 15) is 0 Å². The number of nitrogens with zero attached hydrogens (tertiary/aromatic N) is 3. The lowest BCUT2D eigenvalue weighted by atomic mass is 9.92. The van der Waals surface area contributed by atoms with Crippen LogP contribution in [0.2, 0.25) is 0 Å². The Labute approximate surface area is 132 Å². The first-order valence-corrected chi connectivity index (χ1v) is 8.78. The van der Waals surface area contributed by atoms with Crippen molar-refractivity contribution in [3.05, 3.63) is 0 Å². The van der Waals surface area contributed by atoms with Crippen molar-refractivity contribution in [1.82, 2.24) is 15.1 Å². The van der Waals surface area contributed by atoms with Crippen molar-refractivity contribution in [3.8, 4) is 0 Å². The fourth-order valence-corrected chi connectivity index (χ4v) is 3.37. The van der Waals surface area contributed by atoms with Crippen molar-refractivity contribution in [2.45, 2.75) is 47.0 Å². The summed E-state index contributed by atoms with van der Waals surface area (Å²) >= 11 is 0. The number of hydrogen-bond donors (Lipinski definition) is 1. The van der Waals surface area contributed by atoms with Gasteiger partial charge >= 0.3 is 0 Å². The largest absolute Gasteiger partial charge is 0.356 e. The van der Waals surface area contributed by atoms with Gasteiger partial charge in [0.25, 0.3) is 0 Å². The molecule has 1 fully saturated rings. The normalized spacial score (nSPS) is 23.7. The van der Waals surface area contributed by atoms with Crippen LogP contribution in [0.15, 0.2) is 4.99 Å². The molecule has 124 valence electrons. The molecular weight excluding hydrogens is 260 g/mol. The SMILES string of the molecule is CCN(CC)CCCCNC(=NC)N1CC(C)CC(C)C1. The molecule has 0 aliphatic carbocycles. The minimum atomic E-state index is 0.773. The molecule has 1 rings (SSSR count). The maximum Gasteiger partial charge on any atom is 0.193 e. The molecule has 21 heavy (non-hydrogen) atoms. The number of piperidine rings is 1. The first-order valence-electron chi connectivity index (χ1n) is 8.78. The zero-order valence-corrected chi connectivity index (χ0v) is 14.9. The van der Waals surface area contributed by atoms with Crippen LogP contribution < -0.4 is 5.32 Å². The van der Waals surface area contributed by atoms with E-state index < -0.39 is 0 Å². The molecule has 0 aromatic carbocycles. The standard InChI is InChI=1S/C17H36N4/c1-6-20(7-2)11-9-8-10-19-17(18-5)21-13-15(3)12-16(4)14-21/h15-16H,6-14H2,1-5H3,(H,18,19). The predicted molar refractivity (Wildman–Crippen MR) is 92.9 cm³/mol. The maximum atomic E-state index is 4.47. The molecule has 4 nitrogen and oxygen atoms in total. The third kappa shape index (κ3) is 6.68. The second-order valence-corrected chi connectivity index (χ2v) is 6.56. The Morgan fingerprint density at radius 3 is 2.29 bits per heavy atom. The van der Waals surface area contributed by atoms with E-state index in [1.54, 1.807) is 0 Å². The zero-order chi connectivity index (χ0) is 15.7.